The first-order chi connectivity index (χ1) is 9.28. The average Bonchev–Trinajstić information content (AvgIpc) is 2.46. The molecule has 1 aliphatic rings. The Bertz CT molecular complexity index is 661. The van der Waals surface area contributed by atoms with Crippen molar-refractivity contribution in [3.8, 4) is 6.07 Å². The highest BCUT2D eigenvalue weighted by atomic mass is 79.9. The van der Waals surface area contributed by atoms with Crippen molar-refractivity contribution in [1.29, 1.82) is 5.26 Å². The van der Waals surface area contributed by atoms with E-state index in [0.717, 1.165) is 34.6 Å². The van der Waals surface area contributed by atoms with Crippen molar-refractivity contribution in [2.24, 2.45) is 0 Å². The molecule has 1 heterocycles. The maximum Gasteiger partial charge on any atom is 0.0992 e. The minimum absolute atomic E-state index is 0.683. The molecule has 1 N–H and O–H groups in total. The van der Waals surface area contributed by atoms with E-state index >= 15 is 0 Å². The minimum atomic E-state index is 0.683. The van der Waals surface area contributed by atoms with Gasteiger partial charge in [-0.25, -0.2) is 0 Å². The van der Waals surface area contributed by atoms with E-state index in [0.29, 0.717) is 5.56 Å². The van der Waals surface area contributed by atoms with E-state index < -0.39 is 0 Å². The Hall–Kier alpha value is -1.99. The first kappa shape index (κ1) is 12.1. The molecular formula is C15H12BrN3. The van der Waals surface area contributed by atoms with Gasteiger partial charge in [-0.2, -0.15) is 5.26 Å². The van der Waals surface area contributed by atoms with Crippen molar-refractivity contribution in [3.63, 3.8) is 0 Å². The predicted octanol–water partition coefficient (Wildman–Crippen LogP) is 3.88. The lowest BCUT2D eigenvalue weighted by atomic mass is 10.1. The van der Waals surface area contributed by atoms with Crippen molar-refractivity contribution in [2.45, 2.75) is 0 Å². The van der Waals surface area contributed by atoms with Crippen LogP contribution >= 0.6 is 15.9 Å². The van der Waals surface area contributed by atoms with Crippen molar-refractivity contribution in [2.75, 3.05) is 23.3 Å². The van der Waals surface area contributed by atoms with Crippen LogP contribution in [0.2, 0.25) is 0 Å². The van der Waals surface area contributed by atoms with Gasteiger partial charge in [-0.15, -0.1) is 0 Å². The topological polar surface area (TPSA) is 39.1 Å². The molecule has 0 unspecified atom stereocenters. The Morgan fingerprint density at radius 3 is 2.89 bits per heavy atom. The van der Waals surface area contributed by atoms with Crippen LogP contribution in [0.5, 0.6) is 0 Å². The van der Waals surface area contributed by atoms with E-state index in [2.05, 4.69) is 44.3 Å². The molecule has 0 saturated heterocycles. The molecule has 94 valence electrons. The first-order valence-electron chi connectivity index (χ1n) is 6.09. The summed E-state index contributed by atoms with van der Waals surface area (Å²) in [7, 11) is 0. The second kappa shape index (κ2) is 4.94. The fourth-order valence-corrected chi connectivity index (χ4v) is 2.70. The van der Waals surface area contributed by atoms with E-state index in [1.54, 1.807) is 0 Å². The summed E-state index contributed by atoms with van der Waals surface area (Å²) in [6.45, 7) is 1.78. The number of hydrogen-bond acceptors (Lipinski definition) is 3. The molecule has 0 amide bonds. The molecule has 0 fully saturated rings. The highest BCUT2D eigenvalue weighted by Crippen LogP contribution is 2.35. The van der Waals surface area contributed by atoms with Gasteiger partial charge in [0.15, 0.2) is 0 Å². The Morgan fingerprint density at radius 2 is 2.11 bits per heavy atom. The largest absolute Gasteiger partial charge is 0.382 e. The Labute approximate surface area is 120 Å². The molecular weight excluding hydrogens is 302 g/mol. The van der Waals surface area contributed by atoms with Crippen LogP contribution in [0.1, 0.15) is 5.56 Å². The van der Waals surface area contributed by atoms with Crippen molar-refractivity contribution >= 4 is 33.0 Å². The summed E-state index contributed by atoms with van der Waals surface area (Å²) in [6, 6.07) is 16.2. The molecule has 0 saturated carbocycles. The van der Waals surface area contributed by atoms with Gasteiger partial charge < -0.3 is 10.2 Å². The van der Waals surface area contributed by atoms with Crippen LogP contribution in [-0.2, 0) is 0 Å². The molecule has 0 atom stereocenters. The number of benzene rings is 2. The van der Waals surface area contributed by atoms with Crippen molar-refractivity contribution in [3.05, 3.63) is 52.5 Å². The highest BCUT2D eigenvalue weighted by molar-refractivity contribution is 9.10. The summed E-state index contributed by atoms with van der Waals surface area (Å²) < 4.78 is 1.07. The van der Waals surface area contributed by atoms with Crippen LogP contribution < -0.4 is 10.2 Å². The average molecular weight is 314 g/mol. The summed E-state index contributed by atoms with van der Waals surface area (Å²) in [5.74, 6) is 0. The predicted molar refractivity (Wildman–Crippen MR) is 80.8 cm³/mol. The van der Waals surface area contributed by atoms with Crippen molar-refractivity contribution in [1.82, 2.24) is 0 Å². The summed E-state index contributed by atoms with van der Waals surface area (Å²) in [5.41, 5.74) is 3.97. The fraction of sp³-hybridized carbons (Fsp3) is 0.133. The van der Waals surface area contributed by atoms with Crippen molar-refractivity contribution < 1.29 is 0 Å². The normalized spacial score (nSPS) is 13.4. The lowest BCUT2D eigenvalue weighted by molar-refractivity contribution is 0.926. The third-order valence-corrected chi connectivity index (χ3v) is 3.68. The number of rotatable bonds is 1. The molecule has 0 aromatic heterocycles. The molecule has 3 rings (SSSR count). The maximum absolute atomic E-state index is 8.96. The standard InChI is InChI=1S/C15H12BrN3/c16-12-2-1-3-13(9-12)19-7-6-18-14-8-11(10-17)4-5-15(14)19/h1-5,8-9,18H,6-7H2. The van der Waals surface area contributed by atoms with E-state index in [9.17, 15) is 0 Å². The van der Waals surface area contributed by atoms with E-state index in [4.69, 9.17) is 5.26 Å². The van der Waals surface area contributed by atoms with Crippen LogP contribution in [0.4, 0.5) is 17.1 Å². The molecule has 2 aromatic rings. The van der Waals surface area contributed by atoms with Gasteiger partial charge in [-0.05, 0) is 36.4 Å². The number of hydrogen-bond donors (Lipinski definition) is 1. The van der Waals surface area contributed by atoms with Crippen LogP contribution in [0.3, 0.4) is 0 Å². The minimum Gasteiger partial charge on any atom is -0.382 e. The van der Waals surface area contributed by atoms with Gasteiger partial charge in [0.1, 0.15) is 0 Å². The number of anilines is 3. The maximum atomic E-state index is 8.96. The van der Waals surface area contributed by atoms with Gasteiger partial charge in [0.05, 0.1) is 23.0 Å². The zero-order valence-corrected chi connectivity index (χ0v) is 11.8. The molecule has 19 heavy (non-hydrogen) atoms. The number of nitrogens with zero attached hydrogens (tertiary/aromatic N) is 2. The number of fused-ring (bicyclic) bond motifs is 1. The molecule has 0 bridgehead atoms. The fourth-order valence-electron chi connectivity index (χ4n) is 2.32. The quantitative estimate of drug-likeness (QED) is 0.868. The zero-order valence-electron chi connectivity index (χ0n) is 10.2. The van der Waals surface area contributed by atoms with Crippen LogP contribution in [0.25, 0.3) is 0 Å². The van der Waals surface area contributed by atoms with E-state index in [1.807, 2.05) is 30.3 Å². The third-order valence-electron chi connectivity index (χ3n) is 3.19. The highest BCUT2D eigenvalue weighted by Gasteiger charge is 2.18. The van der Waals surface area contributed by atoms with Crippen LogP contribution in [0.15, 0.2) is 46.9 Å². The van der Waals surface area contributed by atoms with E-state index in [-0.39, 0.29) is 0 Å². The zero-order chi connectivity index (χ0) is 13.2. The Kier molecular flexibility index (Phi) is 3.14. The second-order valence-corrected chi connectivity index (χ2v) is 5.32. The Balaban J connectivity index is 2.06. The van der Waals surface area contributed by atoms with Gasteiger partial charge in [0.2, 0.25) is 0 Å². The van der Waals surface area contributed by atoms with Gasteiger partial charge in [0.25, 0.3) is 0 Å². The molecule has 4 heteroatoms. The van der Waals surface area contributed by atoms with Gasteiger partial charge in [-0.3, -0.25) is 0 Å². The summed E-state index contributed by atoms with van der Waals surface area (Å²) in [5, 5.41) is 12.3. The van der Waals surface area contributed by atoms with Gasteiger partial charge >= 0.3 is 0 Å². The molecule has 1 aliphatic heterocycles. The smallest absolute Gasteiger partial charge is 0.0992 e. The Morgan fingerprint density at radius 1 is 1.21 bits per heavy atom. The number of halogens is 1. The lowest BCUT2D eigenvalue weighted by Gasteiger charge is -2.32. The van der Waals surface area contributed by atoms with Crippen LogP contribution in [0, 0.1) is 11.3 Å². The summed E-state index contributed by atoms with van der Waals surface area (Å²) in [6.07, 6.45) is 0. The lowest BCUT2D eigenvalue weighted by Crippen LogP contribution is -2.30. The van der Waals surface area contributed by atoms with Gasteiger partial charge in [0, 0.05) is 23.2 Å². The number of nitriles is 1. The molecule has 2 aromatic carbocycles. The molecule has 0 aliphatic carbocycles. The molecule has 3 nitrogen and oxygen atoms in total. The third kappa shape index (κ3) is 2.29. The van der Waals surface area contributed by atoms with Gasteiger partial charge in [-0.1, -0.05) is 22.0 Å². The molecule has 0 radical (unpaired) electrons. The number of nitrogens with one attached hydrogen (secondary N) is 1. The summed E-state index contributed by atoms with van der Waals surface area (Å²) in [4.78, 5) is 2.26. The SMILES string of the molecule is N#Cc1ccc2c(c1)NCCN2c1cccc(Br)c1. The van der Waals surface area contributed by atoms with E-state index in [1.165, 1.54) is 0 Å². The first-order valence-corrected chi connectivity index (χ1v) is 6.88. The summed E-state index contributed by atoms with van der Waals surface area (Å²) >= 11 is 3.51. The van der Waals surface area contributed by atoms with Crippen LogP contribution in [-0.4, -0.2) is 13.1 Å². The monoisotopic (exact) mass is 313 g/mol. The second-order valence-electron chi connectivity index (χ2n) is 4.40. The molecule has 0 spiro atoms.